The van der Waals surface area contributed by atoms with E-state index in [1.54, 1.807) is 18.2 Å². The van der Waals surface area contributed by atoms with Crippen molar-refractivity contribution in [1.29, 1.82) is 0 Å². The molecule has 138 valence electrons. The summed E-state index contributed by atoms with van der Waals surface area (Å²) in [5.41, 5.74) is 0.298. The third-order valence-electron chi connectivity index (χ3n) is 4.03. The van der Waals surface area contributed by atoms with E-state index < -0.39 is 23.9 Å². The van der Waals surface area contributed by atoms with Crippen LogP contribution in [0.4, 0.5) is 23.7 Å². The lowest BCUT2D eigenvalue weighted by Gasteiger charge is -2.16. The number of anilines is 1. The van der Waals surface area contributed by atoms with Crippen LogP contribution < -0.4 is 15.4 Å². The fourth-order valence-corrected chi connectivity index (χ4v) is 2.73. The fourth-order valence-electron chi connectivity index (χ4n) is 2.73. The van der Waals surface area contributed by atoms with Crippen LogP contribution >= 0.6 is 0 Å². The van der Waals surface area contributed by atoms with Gasteiger partial charge in [0.05, 0.1) is 24.0 Å². The van der Waals surface area contributed by atoms with Gasteiger partial charge in [-0.1, -0.05) is 18.2 Å². The molecule has 1 aliphatic rings. The molecule has 0 aromatic heterocycles. The quantitative estimate of drug-likeness (QED) is 0.776. The molecule has 1 aliphatic heterocycles. The van der Waals surface area contributed by atoms with Gasteiger partial charge in [-0.05, 0) is 35.4 Å². The van der Waals surface area contributed by atoms with Crippen LogP contribution in [0, 0.1) is 0 Å². The molecule has 3 rings (SSSR count). The topological polar surface area (TPSA) is 70.6 Å². The Morgan fingerprint density at radius 3 is 2.77 bits per heavy atom. The average Bonchev–Trinajstić information content (AvgIpc) is 3.07. The van der Waals surface area contributed by atoms with Crippen molar-refractivity contribution < 1.29 is 27.8 Å². The number of carbonyl (C=O) groups is 1. The van der Waals surface area contributed by atoms with Crippen molar-refractivity contribution in [2.45, 2.75) is 18.7 Å². The highest BCUT2D eigenvalue weighted by Crippen LogP contribution is 2.34. The first-order valence-electron chi connectivity index (χ1n) is 7.99. The smallest absolute Gasteiger partial charge is 0.418 e. The molecule has 0 spiro atoms. The van der Waals surface area contributed by atoms with Gasteiger partial charge in [0.2, 0.25) is 0 Å². The lowest BCUT2D eigenvalue weighted by molar-refractivity contribution is -0.136. The van der Waals surface area contributed by atoms with Gasteiger partial charge in [-0.25, -0.2) is 4.79 Å². The van der Waals surface area contributed by atoms with Crippen LogP contribution in [0.25, 0.3) is 0 Å². The van der Waals surface area contributed by atoms with E-state index in [0.29, 0.717) is 12.2 Å². The minimum atomic E-state index is -4.57. The second-order valence-corrected chi connectivity index (χ2v) is 5.86. The van der Waals surface area contributed by atoms with Gasteiger partial charge in [0, 0.05) is 13.0 Å². The predicted octanol–water partition coefficient (Wildman–Crippen LogP) is 3.50. The van der Waals surface area contributed by atoms with Gasteiger partial charge < -0.3 is 20.5 Å². The summed E-state index contributed by atoms with van der Waals surface area (Å²) < 4.78 is 44.1. The molecule has 2 aromatic carbocycles. The molecule has 0 saturated heterocycles. The van der Waals surface area contributed by atoms with Crippen molar-refractivity contribution in [2.24, 2.45) is 0 Å². The summed E-state index contributed by atoms with van der Waals surface area (Å²) in [6.45, 7) is 0.452. The fraction of sp³-hybridized carbons (Fsp3) is 0.278. The molecule has 5 nitrogen and oxygen atoms in total. The number of benzene rings is 2. The summed E-state index contributed by atoms with van der Waals surface area (Å²) in [5.74, 6) is 0.774. The Bertz CT molecular complexity index is 809. The van der Waals surface area contributed by atoms with Crippen LogP contribution in [0.5, 0.6) is 5.75 Å². The molecule has 26 heavy (non-hydrogen) atoms. The van der Waals surface area contributed by atoms with Crippen molar-refractivity contribution in [3.05, 3.63) is 59.2 Å². The summed E-state index contributed by atoms with van der Waals surface area (Å²) in [5, 5.41) is 14.7. The van der Waals surface area contributed by atoms with Crippen LogP contribution in [0.2, 0.25) is 0 Å². The zero-order chi connectivity index (χ0) is 18.7. The molecule has 3 N–H and O–H groups in total. The average molecular weight is 366 g/mol. The molecular formula is C18H17F3N2O3. The van der Waals surface area contributed by atoms with Gasteiger partial charge in [-0.15, -0.1) is 0 Å². The maximum atomic E-state index is 12.9. The molecule has 1 atom stereocenters. The molecule has 2 amide bonds. The number of halogens is 3. The summed E-state index contributed by atoms with van der Waals surface area (Å²) in [6, 6.07) is 9.10. The summed E-state index contributed by atoms with van der Waals surface area (Å²) in [6.07, 6.45) is -4.81. The molecule has 0 unspecified atom stereocenters. The highest BCUT2D eigenvalue weighted by molar-refractivity contribution is 5.90. The van der Waals surface area contributed by atoms with Crippen molar-refractivity contribution in [3.8, 4) is 5.75 Å². The highest BCUT2D eigenvalue weighted by Gasteiger charge is 2.33. The van der Waals surface area contributed by atoms with E-state index in [2.05, 4.69) is 10.6 Å². The van der Waals surface area contributed by atoms with E-state index in [9.17, 15) is 23.1 Å². The minimum Gasteiger partial charge on any atom is -0.493 e. The Morgan fingerprint density at radius 1 is 1.23 bits per heavy atom. The predicted molar refractivity (Wildman–Crippen MR) is 89.1 cm³/mol. The number of para-hydroxylation sites is 1. The zero-order valence-corrected chi connectivity index (χ0v) is 13.6. The number of hydrogen-bond donors (Lipinski definition) is 3. The lowest BCUT2D eigenvalue weighted by atomic mass is 10.0. The van der Waals surface area contributed by atoms with Crippen molar-refractivity contribution >= 4 is 11.7 Å². The van der Waals surface area contributed by atoms with Gasteiger partial charge in [0.25, 0.3) is 0 Å². The minimum absolute atomic E-state index is 0.139. The number of urea groups is 1. The molecule has 8 heteroatoms. The number of amides is 2. The van der Waals surface area contributed by atoms with Crippen LogP contribution in [-0.2, 0) is 12.6 Å². The molecular weight excluding hydrogens is 349 g/mol. The number of alkyl halides is 3. The van der Waals surface area contributed by atoms with E-state index in [-0.39, 0.29) is 12.2 Å². The van der Waals surface area contributed by atoms with E-state index in [0.717, 1.165) is 23.8 Å². The molecule has 0 saturated carbocycles. The van der Waals surface area contributed by atoms with Gasteiger partial charge in [0.15, 0.2) is 0 Å². The Kier molecular flexibility index (Phi) is 5.03. The first-order chi connectivity index (χ1) is 12.3. The Morgan fingerprint density at radius 2 is 2.00 bits per heavy atom. The lowest BCUT2D eigenvalue weighted by Crippen LogP contribution is -2.33. The summed E-state index contributed by atoms with van der Waals surface area (Å²) >= 11 is 0. The largest absolute Gasteiger partial charge is 0.493 e. The second-order valence-electron chi connectivity index (χ2n) is 5.86. The Balaban J connectivity index is 1.59. The van der Waals surface area contributed by atoms with Crippen molar-refractivity contribution in [2.75, 3.05) is 18.5 Å². The number of ether oxygens (including phenoxy) is 1. The van der Waals surface area contributed by atoms with E-state index in [4.69, 9.17) is 4.74 Å². The summed E-state index contributed by atoms with van der Waals surface area (Å²) in [4.78, 5) is 11.9. The zero-order valence-electron chi connectivity index (χ0n) is 13.6. The first kappa shape index (κ1) is 18.1. The standard InChI is InChI=1S/C18H17F3N2O3/c19-18(20,21)13-3-1-2-4-14(13)23-17(25)22-10-15(24)11-5-6-16-12(9-11)7-8-26-16/h1-6,9,15,24H,7-8,10H2,(H2,22,23,25)/t15-/m1/s1. The van der Waals surface area contributed by atoms with Crippen molar-refractivity contribution in [1.82, 2.24) is 5.32 Å². The molecule has 0 radical (unpaired) electrons. The van der Waals surface area contributed by atoms with Gasteiger partial charge in [-0.3, -0.25) is 0 Å². The Labute approximate surface area is 147 Å². The monoisotopic (exact) mass is 366 g/mol. The molecule has 0 bridgehead atoms. The maximum Gasteiger partial charge on any atom is 0.418 e. The number of hydrogen-bond acceptors (Lipinski definition) is 3. The number of rotatable bonds is 4. The molecule has 0 aliphatic carbocycles. The number of carbonyl (C=O) groups excluding carboxylic acids is 1. The normalized spacial score (nSPS) is 14.3. The third kappa shape index (κ3) is 4.08. The molecule has 0 fully saturated rings. The van der Waals surface area contributed by atoms with E-state index in [1.807, 2.05) is 0 Å². The maximum absolute atomic E-state index is 12.9. The van der Waals surface area contributed by atoms with Crippen molar-refractivity contribution in [3.63, 3.8) is 0 Å². The van der Waals surface area contributed by atoms with Gasteiger partial charge >= 0.3 is 12.2 Å². The third-order valence-corrected chi connectivity index (χ3v) is 4.03. The number of fused-ring (bicyclic) bond motifs is 1. The highest BCUT2D eigenvalue weighted by atomic mass is 19.4. The van der Waals surface area contributed by atoms with Crippen LogP contribution in [-0.4, -0.2) is 24.3 Å². The Hall–Kier alpha value is -2.74. The first-order valence-corrected chi connectivity index (χ1v) is 7.99. The van der Waals surface area contributed by atoms with Gasteiger partial charge in [0.1, 0.15) is 5.75 Å². The SMILES string of the molecule is O=C(NC[C@@H](O)c1ccc2c(c1)CCO2)Nc1ccccc1C(F)(F)F. The van der Waals surface area contributed by atoms with E-state index in [1.165, 1.54) is 18.2 Å². The summed E-state index contributed by atoms with van der Waals surface area (Å²) in [7, 11) is 0. The molecule has 2 aromatic rings. The van der Waals surface area contributed by atoms with Gasteiger partial charge in [-0.2, -0.15) is 13.2 Å². The van der Waals surface area contributed by atoms with Crippen LogP contribution in [0.1, 0.15) is 22.8 Å². The number of aliphatic hydroxyl groups is 1. The van der Waals surface area contributed by atoms with Crippen LogP contribution in [0.15, 0.2) is 42.5 Å². The van der Waals surface area contributed by atoms with E-state index >= 15 is 0 Å². The number of nitrogens with one attached hydrogen (secondary N) is 2. The second kappa shape index (κ2) is 7.25. The number of aliphatic hydroxyl groups excluding tert-OH is 1. The van der Waals surface area contributed by atoms with Crippen LogP contribution in [0.3, 0.4) is 0 Å². The molecule has 1 heterocycles.